The number of nitrogens with zero attached hydrogens (tertiary/aromatic N) is 1. The Labute approximate surface area is 168 Å². The molecule has 0 aromatic heterocycles. The van der Waals surface area contributed by atoms with Gasteiger partial charge in [-0.05, 0) is 49.1 Å². The van der Waals surface area contributed by atoms with Gasteiger partial charge in [0.15, 0.2) is 6.10 Å². The van der Waals surface area contributed by atoms with Crippen LogP contribution in [0.3, 0.4) is 0 Å². The van der Waals surface area contributed by atoms with E-state index in [1.54, 1.807) is 24.3 Å². The van der Waals surface area contributed by atoms with Gasteiger partial charge in [0.1, 0.15) is 11.8 Å². The standard InChI is InChI=1S/C22H22N2O5/c25-20(19-13-14-6-1-2-10-18(14)29-19)23-16-8-5-7-15(12-16)21(26)24-11-4-3-9-17(24)22(27)28/h1-2,5-8,10,12,17,19H,3-4,9,11,13H2,(H,23,25)(H,27,28). The summed E-state index contributed by atoms with van der Waals surface area (Å²) >= 11 is 0. The zero-order chi connectivity index (χ0) is 20.4. The largest absolute Gasteiger partial charge is 0.480 e. The number of aliphatic carboxylic acids is 1. The van der Waals surface area contributed by atoms with E-state index in [4.69, 9.17) is 4.74 Å². The van der Waals surface area contributed by atoms with Crippen molar-refractivity contribution in [1.82, 2.24) is 4.90 Å². The van der Waals surface area contributed by atoms with Gasteiger partial charge in [-0.2, -0.15) is 0 Å². The summed E-state index contributed by atoms with van der Waals surface area (Å²) < 4.78 is 5.70. The fourth-order valence-electron chi connectivity index (χ4n) is 3.88. The monoisotopic (exact) mass is 394 g/mol. The molecule has 2 amide bonds. The Hall–Kier alpha value is -3.35. The highest BCUT2D eigenvalue weighted by Gasteiger charge is 2.33. The van der Waals surface area contributed by atoms with Crippen molar-refractivity contribution in [2.45, 2.75) is 37.8 Å². The van der Waals surface area contributed by atoms with Crippen LogP contribution >= 0.6 is 0 Å². The number of nitrogens with one attached hydrogen (secondary N) is 1. The molecule has 0 bridgehead atoms. The third-order valence-electron chi connectivity index (χ3n) is 5.37. The van der Waals surface area contributed by atoms with Gasteiger partial charge in [-0.25, -0.2) is 4.79 Å². The van der Waals surface area contributed by atoms with Gasteiger partial charge in [0, 0.05) is 24.2 Å². The minimum absolute atomic E-state index is 0.285. The number of carbonyl (C=O) groups is 3. The van der Waals surface area contributed by atoms with E-state index in [9.17, 15) is 19.5 Å². The summed E-state index contributed by atoms with van der Waals surface area (Å²) in [5, 5.41) is 12.2. The van der Waals surface area contributed by atoms with Crippen LogP contribution in [0.5, 0.6) is 5.75 Å². The number of ether oxygens (including phenoxy) is 1. The molecule has 1 fully saturated rings. The smallest absolute Gasteiger partial charge is 0.326 e. The Kier molecular flexibility index (Phi) is 5.20. The number of carboxylic acids is 1. The van der Waals surface area contributed by atoms with Gasteiger partial charge in [0.25, 0.3) is 11.8 Å². The van der Waals surface area contributed by atoms with Gasteiger partial charge >= 0.3 is 5.97 Å². The summed E-state index contributed by atoms with van der Waals surface area (Å²) in [6.45, 7) is 0.417. The summed E-state index contributed by atoms with van der Waals surface area (Å²) in [7, 11) is 0. The topological polar surface area (TPSA) is 95.9 Å². The predicted octanol–water partition coefficient (Wildman–Crippen LogP) is 2.71. The molecule has 7 heteroatoms. The van der Waals surface area contributed by atoms with E-state index in [2.05, 4.69) is 5.32 Å². The quantitative estimate of drug-likeness (QED) is 0.831. The maximum absolute atomic E-state index is 12.9. The SMILES string of the molecule is O=C(Nc1cccc(C(=O)N2CCCCC2C(=O)O)c1)C1Cc2ccccc2O1. The Balaban J connectivity index is 1.45. The summed E-state index contributed by atoms with van der Waals surface area (Å²) in [4.78, 5) is 38.4. The molecule has 1 saturated heterocycles. The number of benzene rings is 2. The van der Waals surface area contributed by atoms with Crippen LogP contribution in [0.15, 0.2) is 48.5 Å². The van der Waals surface area contributed by atoms with Crippen LogP contribution in [-0.4, -0.2) is 46.5 Å². The fourth-order valence-corrected chi connectivity index (χ4v) is 3.88. The molecule has 0 spiro atoms. The molecule has 2 heterocycles. The molecule has 0 radical (unpaired) electrons. The molecule has 2 N–H and O–H groups in total. The molecule has 2 aromatic carbocycles. The van der Waals surface area contributed by atoms with Crippen molar-refractivity contribution in [3.8, 4) is 5.75 Å². The third-order valence-corrected chi connectivity index (χ3v) is 5.37. The first-order valence-electron chi connectivity index (χ1n) is 9.72. The summed E-state index contributed by atoms with van der Waals surface area (Å²) in [5.41, 5.74) is 1.82. The van der Waals surface area contributed by atoms with Crippen LogP contribution in [0.4, 0.5) is 5.69 Å². The van der Waals surface area contributed by atoms with E-state index in [1.165, 1.54) is 4.90 Å². The number of carboxylic acid groups (broad SMARTS) is 1. The Morgan fingerprint density at radius 2 is 1.90 bits per heavy atom. The minimum atomic E-state index is -0.986. The van der Waals surface area contributed by atoms with Crippen molar-refractivity contribution < 1.29 is 24.2 Å². The minimum Gasteiger partial charge on any atom is -0.480 e. The van der Waals surface area contributed by atoms with Crippen LogP contribution in [-0.2, 0) is 16.0 Å². The van der Waals surface area contributed by atoms with E-state index in [1.807, 2.05) is 24.3 Å². The first-order valence-corrected chi connectivity index (χ1v) is 9.72. The Morgan fingerprint density at radius 1 is 1.07 bits per heavy atom. The van der Waals surface area contributed by atoms with Gasteiger partial charge in [0.2, 0.25) is 0 Å². The lowest BCUT2D eigenvalue weighted by Crippen LogP contribution is -2.48. The lowest BCUT2D eigenvalue weighted by molar-refractivity contribution is -0.143. The van der Waals surface area contributed by atoms with Gasteiger partial charge in [-0.1, -0.05) is 24.3 Å². The second-order valence-electron chi connectivity index (χ2n) is 7.34. The average molecular weight is 394 g/mol. The van der Waals surface area contributed by atoms with Crippen molar-refractivity contribution in [3.63, 3.8) is 0 Å². The highest BCUT2D eigenvalue weighted by atomic mass is 16.5. The number of piperidine rings is 1. The molecule has 0 aliphatic carbocycles. The maximum Gasteiger partial charge on any atom is 0.326 e. The molecule has 2 aliphatic heterocycles. The van der Waals surface area contributed by atoms with Crippen molar-refractivity contribution in [2.75, 3.05) is 11.9 Å². The van der Waals surface area contributed by atoms with E-state index < -0.39 is 18.1 Å². The molecule has 2 aromatic rings. The zero-order valence-electron chi connectivity index (χ0n) is 15.8. The van der Waals surface area contributed by atoms with Crippen molar-refractivity contribution >= 4 is 23.5 Å². The molecule has 2 aliphatic rings. The van der Waals surface area contributed by atoms with Crippen molar-refractivity contribution in [2.24, 2.45) is 0 Å². The zero-order valence-corrected chi connectivity index (χ0v) is 15.8. The van der Waals surface area contributed by atoms with E-state index >= 15 is 0 Å². The second kappa shape index (κ2) is 7.95. The molecule has 4 rings (SSSR count). The molecule has 29 heavy (non-hydrogen) atoms. The summed E-state index contributed by atoms with van der Waals surface area (Å²) in [5.74, 6) is -0.897. The number of amides is 2. The highest BCUT2D eigenvalue weighted by molar-refractivity contribution is 6.00. The number of fused-ring (bicyclic) bond motifs is 1. The maximum atomic E-state index is 12.9. The molecule has 2 atom stereocenters. The van der Waals surface area contributed by atoms with E-state index in [0.29, 0.717) is 36.4 Å². The Morgan fingerprint density at radius 3 is 2.69 bits per heavy atom. The van der Waals surface area contributed by atoms with Gasteiger partial charge in [-0.3, -0.25) is 9.59 Å². The van der Waals surface area contributed by atoms with Crippen LogP contribution in [0.2, 0.25) is 0 Å². The molecule has 7 nitrogen and oxygen atoms in total. The van der Waals surface area contributed by atoms with Gasteiger partial charge in [-0.15, -0.1) is 0 Å². The van der Waals surface area contributed by atoms with Gasteiger partial charge in [0.05, 0.1) is 0 Å². The summed E-state index contributed by atoms with van der Waals surface area (Å²) in [6.07, 6.45) is 1.91. The number of hydrogen-bond acceptors (Lipinski definition) is 4. The highest BCUT2D eigenvalue weighted by Crippen LogP contribution is 2.29. The second-order valence-corrected chi connectivity index (χ2v) is 7.34. The number of para-hydroxylation sites is 1. The van der Waals surface area contributed by atoms with Crippen LogP contribution in [0, 0.1) is 0 Å². The number of anilines is 1. The van der Waals surface area contributed by atoms with E-state index in [-0.39, 0.29) is 11.8 Å². The first-order chi connectivity index (χ1) is 14.0. The van der Waals surface area contributed by atoms with Crippen LogP contribution in [0.1, 0.15) is 35.2 Å². The lowest BCUT2D eigenvalue weighted by Gasteiger charge is -2.33. The number of hydrogen-bond donors (Lipinski definition) is 2. The normalized spacial score (nSPS) is 20.5. The summed E-state index contributed by atoms with van der Waals surface area (Å²) in [6, 6.07) is 13.3. The number of rotatable bonds is 4. The molecular weight excluding hydrogens is 372 g/mol. The molecule has 2 unspecified atom stereocenters. The number of likely N-dealkylation sites (tertiary alicyclic amines) is 1. The van der Waals surface area contributed by atoms with Crippen molar-refractivity contribution in [1.29, 1.82) is 0 Å². The fraction of sp³-hybridized carbons (Fsp3) is 0.318. The third kappa shape index (κ3) is 3.94. The predicted molar refractivity (Wildman–Crippen MR) is 106 cm³/mol. The Bertz CT molecular complexity index is 933. The molecule has 150 valence electrons. The van der Waals surface area contributed by atoms with Crippen molar-refractivity contribution in [3.05, 3.63) is 59.7 Å². The molecule has 0 saturated carbocycles. The first kappa shape index (κ1) is 19.0. The van der Waals surface area contributed by atoms with Gasteiger partial charge < -0.3 is 20.1 Å². The van der Waals surface area contributed by atoms with Crippen LogP contribution in [0.25, 0.3) is 0 Å². The number of carbonyl (C=O) groups excluding carboxylic acids is 2. The van der Waals surface area contributed by atoms with Crippen LogP contribution < -0.4 is 10.1 Å². The van der Waals surface area contributed by atoms with E-state index in [0.717, 1.165) is 18.4 Å². The average Bonchev–Trinajstić information content (AvgIpc) is 3.18. The lowest BCUT2D eigenvalue weighted by atomic mass is 10.0. The molecular formula is C22H22N2O5.